The maximum absolute atomic E-state index is 12.8. The van der Waals surface area contributed by atoms with Gasteiger partial charge >= 0.3 is 0 Å². The number of nitrogens with one attached hydrogen (secondary N) is 1. The van der Waals surface area contributed by atoms with Gasteiger partial charge < -0.3 is 11.1 Å². The molecule has 1 aliphatic heterocycles. The Morgan fingerprint density at radius 1 is 1.26 bits per heavy atom. The molecule has 2 amide bonds. The van der Waals surface area contributed by atoms with Gasteiger partial charge in [0, 0.05) is 36.6 Å². The molecule has 2 heterocycles. The van der Waals surface area contributed by atoms with Crippen LogP contribution in [0, 0.1) is 0 Å². The van der Waals surface area contributed by atoms with E-state index in [9.17, 15) is 18.0 Å². The molecule has 31 heavy (non-hydrogen) atoms. The minimum atomic E-state index is -3.57. The third-order valence-corrected chi connectivity index (χ3v) is 8.97. The molecular weight excluding hydrogens is 436 g/mol. The number of hydrogen-bond acceptors (Lipinski definition) is 6. The van der Waals surface area contributed by atoms with Crippen molar-refractivity contribution in [3.63, 3.8) is 0 Å². The minimum Gasteiger partial charge on any atom is -0.365 e. The Labute approximate surface area is 186 Å². The summed E-state index contributed by atoms with van der Waals surface area (Å²) in [6.07, 6.45) is 2.47. The molecule has 2 aliphatic rings. The van der Waals surface area contributed by atoms with E-state index in [1.54, 1.807) is 7.05 Å². The SMILES string of the molecule is CCN1CCc2c(sc(NC(=O)c3ccc(S(=O)(=O)N(C)C4CC4)cc3)c2C(N)=O)C1. The highest BCUT2D eigenvalue weighted by atomic mass is 32.2. The van der Waals surface area contributed by atoms with Crippen molar-refractivity contribution in [3.8, 4) is 0 Å². The zero-order valence-corrected chi connectivity index (χ0v) is 19.2. The second-order valence-electron chi connectivity index (χ2n) is 7.92. The van der Waals surface area contributed by atoms with E-state index in [2.05, 4.69) is 17.1 Å². The fourth-order valence-electron chi connectivity index (χ4n) is 3.83. The number of amides is 2. The smallest absolute Gasteiger partial charge is 0.256 e. The van der Waals surface area contributed by atoms with Crippen LogP contribution >= 0.6 is 11.3 Å². The lowest BCUT2D eigenvalue weighted by Crippen LogP contribution is -2.30. The van der Waals surface area contributed by atoms with Crippen molar-refractivity contribution in [2.75, 3.05) is 25.5 Å². The molecule has 1 aliphatic carbocycles. The van der Waals surface area contributed by atoms with Crippen molar-refractivity contribution in [1.29, 1.82) is 0 Å². The molecular formula is C21H26N4O4S2. The summed E-state index contributed by atoms with van der Waals surface area (Å²) in [7, 11) is -1.99. The number of nitrogens with two attached hydrogens (primary N) is 1. The number of sulfonamides is 1. The first-order valence-electron chi connectivity index (χ1n) is 10.3. The Morgan fingerprint density at radius 2 is 1.94 bits per heavy atom. The Balaban J connectivity index is 1.55. The molecule has 4 rings (SSSR count). The summed E-state index contributed by atoms with van der Waals surface area (Å²) >= 11 is 1.38. The molecule has 2 aromatic rings. The van der Waals surface area contributed by atoms with Crippen LogP contribution in [0.1, 0.15) is 50.9 Å². The molecule has 10 heteroatoms. The van der Waals surface area contributed by atoms with Crippen LogP contribution in [-0.2, 0) is 23.0 Å². The average molecular weight is 463 g/mol. The highest BCUT2D eigenvalue weighted by molar-refractivity contribution is 7.89. The quantitative estimate of drug-likeness (QED) is 0.655. The molecule has 1 saturated carbocycles. The van der Waals surface area contributed by atoms with Crippen molar-refractivity contribution in [3.05, 3.63) is 45.8 Å². The summed E-state index contributed by atoms with van der Waals surface area (Å²) in [6, 6.07) is 5.92. The van der Waals surface area contributed by atoms with Gasteiger partial charge in [0.25, 0.3) is 11.8 Å². The van der Waals surface area contributed by atoms with Crippen LogP contribution in [0.25, 0.3) is 0 Å². The van der Waals surface area contributed by atoms with Gasteiger partial charge in [0.2, 0.25) is 10.0 Å². The lowest BCUT2D eigenvalue weighted by molar-refractivity contribution is 0.1000. The van der Waals surface area contributed by atoms with Gasteiger partial charge in [-0.25, -0.2) is 8.42 Å². The molecule has 1 aromatic heterocycles. The molecule has 0 atom stereocenters. The first kappa shape index (κ1) is 21.9. The molecule has 0 radical (unpaired) electrons. The summed E-state index contributed by atoms with van der Waals surface area (Å²) in [5, 5.41) is 3.26. The topological polar surface area (TPSA) is 113 Å². The van der Waals surface area contributed by atoms with Gasteiger partial charge in [-0.1, -0.05) is 6.92 Å². The summed E-state index contributed by atoms with van der Waals surface area (Å²) in [4.78, 5) is 28.4. The van der Waals surface area contributed by atoms with Gasteiger partial charge in [-0.15, -0.1) is 11.3 Å². The van der Waals surface area contributed by atoms with Gasteiger partial charge in [-0.05, 0) is 55.6 Å². The molecule has 0 unspecified atom stereocenters. The fourth-order valence-corrected chi connectivity index (χ4v) is 6.54. The Kier molecular flexibility index (Phi) is 5.91. The predicted molar refractivity (Wildman–Crippen MR) is 120 cm³/mol. The molecule has 3 N–H and O–H groups in total. The van der Waals surface area contributed by atoms with Crippen LogP contribution in [0.15, 0.2) is 29.2 Å². The van der Waals surface area contributed by atoms with Crippen molar-refractivity contribution >= 4 is 38.2 Å². The van der Waals surface area contributed by atoms with E-state index in [0.717, 1.165) is 49.3 Å². The first-order valence-corrected chi connectivity index (χ1v) is 12.5. The molecule has 166 valence electrons. The molecule has 0 bridgehead atoms. The number of carbonyl (C=O) groups excluding carboxylic acids is 2. The van der Waals surface area contributed by atoms with Crippen LogP contribution in [0.2, 0.25) is 0 Å². The van der Waals surface area contributed by atoms with Crippen molar-refractivity contribution < 1.29 is 18.0 Å². The van der Waals surface area contributed by atoms with Crippen LogP contribution < -0.4 is 11.1 Å². The van der Waals surface area contributed by atoms with Gasteiger partial charge in [0.1, 0.15) is 5.00 Å². The van der Waals surface area contributed by atoms with Gasteiger partial charge in [0.15, 0.2) is 0 Å². The second kappa shape index (κ2) is 8.34. The first-order chi connectivity index (χ1) is 14.7. The zero-order chi connectivity index (χ0) is 22.3. The average Bonchev–Trinajstić information content (AvgIpc) is 3.53. The van der Waals surface area contributed by atoms with Crippen LogP contribution in [0.5, 0.6) is 0 Å². The van der Waals surface area contributed by atoms with E-state index in [4.69, 9.17) is 5.73 Å². The Morgan fingerprint density at radius 3 is 2.52 bits per heavy atom. The van der Waals surface area contributed by atoms with E-state index >= 15 is 0 Å². The van der Waals surface area contributed by atoms with Crippen molar-refractivity contribution in [1.82, 2.24) is 9.21 Å². The molecule has 0 spiro atoms. The zero-order valence-electron chi connectivity index (χ0n) is 17.6. The number of primary amides is 1. The number of likely N-dealkylation sites (N-methyl/N-ethyl adjacent to an activating group) is 1. The number of nitrogens with zero attached hydrogens (tertiary/aromatic N) is 2. The van der Waals surface area contributed by atoms with Crippen molar-refractivity contribution in [2.24, 2.45) is 5.73 Å². The van der Waals surface area contributed by atoms with E-state index in [1.165, 1.54) is 39.9 Å². The van der Waals surface area contributed by atoms with Crippen LogP contribution in [0.3, 0.4) is 0 Å². The van der Waals surface area contributed by atoms with Gasteiger partial charge in [-0.2, -0.15) is 4.31 Å². The number of hydrogen-bond donors (Lipinski definition) is 2. The third-order valence-electron chi connectivity index (χ3n) is 5.91. The minimum absolute atomic E-state index is 0.0636. The third kappa shape index (κ3) is 4.25. The molecule has 0 saturated heterocycles. The van der Waals surface area contributed by atoms with Crippen LogP contribution in [0.4, 0.5) is 5.00 Å². The summed E-state index contributed by atoms with van der Waals surface area (Å²) in [6.45, 7) is 4.57. The lowest BCUT2D eigenvalue weighted by atomic mass is 10.0. The van der Waals surface area contributed by atoms with Gasteiger partial charge in [0.05, 0.1) is 10.5 Å². The molecule has 8 nitrogen and oxygen atoms in total. The van der Waals surface area contributed by atoms with Gasteiger partial charge in [-0.3, -0.25) is 14.5 Å². The predicted octanol–water partition coefficient (Wildman–Crippen LogP) is 2.26. The van der Waals surface area contributed by atoms with E-state index < -0.39 is 21.8 Å². The number of carbonyl (C=O) groups is 2. The number of benzene rings is 1. The highest BCUT2D eigenvalue weighted by Gasteiger charge is 2.35. The number of thiophene rings is 1. The normalized spacial score (nSPS) is 16.9. The largest absolute Gasteiger partial charge is 0.365 e. The molecule has 1 aromatic carbocycles. The summed E-state index contributed by atoms with van der Waals surface area (Å²) in [5.74, 6) is -0.963. The van der Waals surface area contributed by atoms with Crippen LogP contribution in [-0.4, -0.2) is 55.6 Å². The maximum atomic E-state index is 12.8. The Bertz CT molecular complexity index is 1120. The Hall–Kier alpha value is -2.27. The van der Waals surface area contributed by atoms with E-state index in [0.29, 0.717) is 16.1 Å². The fraction of sp³-hybridized carbons (Fsp3) is 0.429. The lowest BCUT2D eigenvalue weighted by Gasteiger charge is -2.25. The van der Waals surface area contributed by atoms with Crippen molar-refractivity contribution in [2.45, 2.75) is 43.7 Å². The maximum Gasteiger partial charge on any atom is 0.256 e. The summed E-state index contributed by atoms with van der Waals surface area (Å²) in [5.41, 5.74) is 7.23. The monoisotopic (exact) mass is 462 g/mol. The highest BCUT2D eigenvalue weighted by Crippen LogP contribution is 2.37. The standard InChI is InChI=1S/C21H26N4O4S2/c1-3-25-11-10-16-17(12-25)30-21(18(16)19(22)26)23-20(27)13-4-8-15(9-5-13)31(28,29)24(2)14-6-7-14/h4-5,8-9,14H,3,6-7,10-12H2,1-2H3,(H2,22,26)(H,23,27). The number of rotatable bonds is 7. The number of anilines is 1. The van der Waals surface area contributed by atoms with E-state index in [1.807, 2.05) is 0 Å². The second-order valence-corrected chi connectivity index (χ2v) is 11.0. The number of fused-ring (bicyclic) bond motifs is 1. The summed E-state index contributed by atoms with van der Waals surface area (Å²) < 4.78 is 26.7. The van der Waals surface area contributed by atoms with E-state index in [-0.39, 0.29) is 10.9 Å². The molecule has 1 fully saturated rings.